The number of aromatic nitrogens is 1. The summed E-state index contributed by atoms with van der Waals surface area (Å²) >= 11 is 0. The summed E-state index contributed by atoms with van der Waals surface area (Å²) in [7, 11) is 0. The van der Waals surface area contributed by atoms with Gasteiger partial charge in [-0.2, -0.15) is 5.26 Å². The molecule has 1 saturated heterocycles. The number of carbonyl (C=O) groups is 1. The van der Waals surface area contributed by atoms with E-state index in [1.54, 1.807) is 19.1 Å². The number of carbonyl (C=O) groups excluding carboxylic acids is 1. The van der Waals surface area contributed by atoms with E-state index in [-0.39, 0.29) is 24.1 Å². The molecule has 3 atom stereocenters. The average molecular weight is 335 g/mol. The van der Waals surface area contributed by atoms with Crippen LogP contribution in [0.4, 0.5) is 0 Å². The lowest BCUT2D eigenvalue weighted by atomic mass is 9.98. The highest BCUT2D eigenvalue weighted by Crippen LogP contribution is 2.31. The van der Waals surface area contributed by atoms with Gasteiger partial charge in [0, 0.05) is 0 Å². The van der Waals surface area contributed by atoms with E-state index in [0.717, 1.165) is 5.56 Å². The van der Waals surface area contributed by atoms with Crippen molar-refractivity contribution in [1.82, 2.24) is 9.88 Å². The Labute approximate surface area is 147 Å². The number of pyridine rings is 1. The van der Waals surface area contributed by atoms with Crippen LogP contribution in [0.1, 0.15) is 47.3 Å². The van der Waals surface area contributed by atoms with Crippen LogP contribution < -0.4 is 0 Å². The molecule has 0 unspecified atom stereocenters. The van der Waals surface area contributed by atoms with Crippen LogP contribution in [-0.4, -0.2) is 34.5 Å². The molecule has 0 saturated carbocycles. The third-order valence-corrected chi connectivity index (χ3v) is 4.66. The molecule has 1 fully saturated rings. The van der Waals surface area contributed by atoms with Gasteiger partial charge in [-0.3, -0.25) is 4.79 Å². The fourth-order valence-corrected chi connectivity index (χ4v) is 3.34. The van der Waals surface area contributed by atoms with Crippen molar-refractivity contribution in [3.05, 3.63) is 65.0 Å². The molecule has 5 heteroatoms. The molecule has 5 nitrogen and oxygen atoms in total. The van der Waals surface area contributed by atoms with Crippen molar-refractivity contribution in [2.75, 3.05) is 6.61 Å². The van der Waals surface area contributed by atoms with Crippen molar-refractivity contribution in [2.24, 2.45) is 0 Å². The van der Waals surface area contributed by atoms with Crippen LogP contribution in [0.5, 0.6) is 0 Å². The van der Waals surface area contributed by atoms with Crippen LogP contribution in [0.3, 0.4) is 0 Å². The first kappa shape index (κ1) is 17.1. The summed E-state index contributed by atoms with van der Waals surface area (Å²) in [5.41, 5.74) is 2.48. The first-order valence-corrected chi connectivity index (χ1v) is 8.40. The van der Waals surface area contributed by atoms with Crippen LogP contribution in [0.2, 0.25) is 0 Å². The van der Waals surface area contributed by atoms with Gasteiger partial charge in [-0.25, -0.2) is 4.98 Å². The summed E-state index contributed by atoms with van der Waals surface area (Å²) in [5.74, 6) is -0.128. The van der Waals surface area contributed by atoms with Crippen LogP contribution in [-0.2, 0) is 4.74 Å². The van der Waals surface area contributed by atoms with Gasteiger partial charge in [0.2, 0.25) is 0 Å². The maximum Gasteiger partial charge on any atom is 0.273 e. The number of aryl methyl sites for hydroxylation is 1. The highest BCUT2D eigenvalue weighted by molar-refractivity contribution is 5.93. The predicted molar refractivity (Wildman–Crippen MR) is 93.9 cm³/mol. The first-order chi connectivity index (χ1) is 12.0. The van der Waals surface area contributed by atoms with E-state index in [1.165, 1.54) is 0 Å². The second-order valence-corrected chi connectivity index (χ2v) is 6.41. The zero-order valence-corrected chi connectivity index (χ0v) is 14.6. The zero-order valence-electron chi connectivity index (χ0n) is 14.6. The van der Waals surface area contributed by atoms with Gasteiger partial charge < -0.3 is 9.64 Å². The maximum atomic E-state index is 13.1. The van der Waals surface area contributed by atoms with Crippen molar-refractivity contribution < 1.29 is 9.53 Å². The minimum absolute atomic E-state index is 0.0415. The molecule has 0 N–H and O–H groups in total. The third-order valence-electron chi connectivity index (χ3n) is 4.66. The average Bonchev–Trinajstić information content (AvgIpc) is 2.62. The van der Waals surface area contributed by atoms with E-state index < -0.39 is 0 Å². The Balaban J connectivity index is 1.90. The molecular formula is C20H21N3O2. The summed E-state index contributed by atoms with van der Waals surface area (Å²) in [6.07, 6.45) is -0.166. The van der Waals surface area contributed by atoms with Crippen LogP contribution in [0.25, 0.3) is 0 Å². The Morgan fingerprint density at radius 1 is 1.24 bits per heavy atom. The van der Waals surface area contributed by atoms with Gasteiger partial charge in [0.15, 0.2) is 0 Å². The molecule has 0 bridgehead atoms. The predicted octanol–water partition coefficient (Wildman–Crippen LogP) is 3.25. The molecule has 2 aromatic rings. The molecule has 1 aliphatic heterocycles. The number of hydrogen-bond acceptors (Lipinski definition) is 4. The lowest BCUT2D eigenvalue weighted by Crippen LogP contribution is -2.53. The zero-order chi connectivity index (χ0) is 18.0. The summed E-state index contributed by atoms with van der Waals surface area (Å²) in [5, 5.41) is 9.04. The molecule has 1 aliphatic rings. The lowest BCUT2D eigenvalue weighted by molar-refractivity contribution is -0.0807. The maximum absolute atomic E-state index is 13.1. The third kappa shape index (κ3) is 3.26. The Morgan fingerprint density at radius 2 is 1.96 bits per heavy atom. The highest BCUT2D eigenvalue weighted by atomic mass is 16.5. The molecule has 1 aromatic heterocycles. The number of nitrogens with zero attached hydrogens (tertiary/aromatic N) is 3. The Hall–Kier alpha value is -2.71. The monoisotopic (exact) mass is 335 g/mol. The standard InChI is InChI=1S/C20H21N3O2/c1-13-12-25-19(16-7-5-4-6-8-16)15(3)23(13)20(24)18-10-9-17(11-21)14(2)22-18/h4-10,13,15,19H,12H2,1-3H3/t13-,15+,19+/m1/s1. The van der Waals surface area contributed by atoms with E-state index in [2.05, 4.69) is 11.1 Å². The number of morpholine rings is 1. The molecular weight excluding hydrogens is 314 g/mol. The van der Waals surface area contributed by atoms with E-state index in [1.807, 2.05) is 49.1 Å². The second-order valence-electron chi connectivity index (χ2n) is 6.41. The molecule has 0 aliphatic carbocycles. The minimum Gasteiger partial charge on any atom is -0.369 e. The van der Waals surface area contributed by atoms with Crippen LogP contribution in [0.15, 0.2) is 42.5 Å². The van der Waals surface area contributed by atoms with Crippen molar-refractivity contribution in [1.29, 1.82) is 5.26 Å². The Morgan fingerprint density at radius 3 is 2.60 bits per heavy atom. The largest absolute Gasteiger partial charge is 0.369 e. The fraction of sp³-hybridized carbons (Fsp3) is 0.350. The van der Waals surface area contributed by atoms with Gasteiger partial charge in [0.1, 0.15) is 17.9 Å². The molecule has 1 aromatic carbocycles. The normalized spacial score (nSPS) is 23.1. The van der Waals surface area contributed by atoms with E-state index in [9.17, 15) is 4.79 Å². The van der Waals surface area contributed by atoms with Crippen molar-refractivity contribution >= 4 is 5.91 Å². The number of rotatable bonds is 2. The van der Waals surface area contributed by atoms with Crippen molar-refractivity contribution in [2.45, 2.75) is 39.0 Å². The Bertz CT molecular complexity index is 813. The molecule has 0 spiro atoms. The van der Waals surface area contributed by atoms with Gasteiger partial charge in [-0.15, -0.1) is 0 Å². The van der Waals surface area contributed by atoms with Gasteiger partial charge in [-0.1, -0.05) is 30.3 Å². The number of benzene rings is 1. The molecule has 1 amide bonds. The summed E-state index contributed by atoms with van der Waals surface area (Å²) in [6, 6.07) is 15.1. The second kappa shape index (κ2) is 7.04. The SMILES string of the molecule is Cc1nc(C(=O)N2[C@H](C)CO[C@H](c3ccccc3)[C@@H]2C)ccc1C#N. The first-order valence-electron chi connectivity index (χ1n) is 8.40. The summed E-state index contributed by atoms with van der Waals surface area (Å²) < 4.78 is 6.01. The highest BCUT2D eigenvalue weighted by Gasteiger charge is 2.37. The summed E-state index contributed by atoms with van der Waals surface area (Å²) in [6.45, 7) is 6.20. The minimum atomic E-state index is -0.166. The van der Waals surface area contributed by atoms with E-state index >= 15 is 0 Å². The fourth-order valence-electron chi connectivity index (χ4n) is 3.34. The van der Waals surface area contributed by atoms with Gasteiger partial charge in [0.25, 0.3) is 5.91 Å². The van der Waals surface area contributed by atoms with Gasteiger partial charge in [0.05, 0.1) is 29.9 Å². The molecule has 3 rings (SSSR count). The smallest absolute Gasteiger partial charge is 0.273 e. The van der Waals surface area contributed by atoms with Crippen LogP contribution >= 0.6 is 0 Å². The van der Waals surface area contributed by atoms with Gasteiger partial charge >= 0.3 is 0 Å². The molecule has 0 radical (unpaired) electrons. The van der Waals surface area contributed by atoms with Crippen LogP contribution in [0, 0.1) is 18.3 Å². The number of amides is 1. The molecule has 128 valence electrons. The quantitative estimate of drug-likeness (QED) is 0.845. The number of hydrogen-bond donors (Lipinski definition) is 0. The van der Waals surface area contributed by atoms with Crippen molar-refractivity contribution in [3.8, 4) is 6.07 Å². The van der Waals surface area contributed by atoms with Gasteiger partial charge in [-0.05, 0) is 38.5 Å². The topological polar surface area (TPSA) is 66.2 Å². The lowest BCUT2D eigenvalue weighted by Gasteiger charge is -2.43. The number of nitriles is 1. The van der Waals surface area contributed by atoms with Crippen molar-refractivity contribution in [3.63, 3.8) is 0 Å². The molecule has 25 heavy (non-hydrogen) atoms. The van der Waals surface area contributed by atoms with E-state index in [4.69, 9.17) is 10.00 Å². The Kier molecular flexibility index (Phi) is 4.82. The van der Waals surface area contributed by atoms with E-state index in [0.29, 0.717) is 23.6 Å². The molecule has 2 heterocycles. The number of ether oxygens (including phenoxy) is 1. The summed E-state index contributed by atoms with van der Waals surface area (Å²) in [4.78, 5) is 19.2.